The van der Waals surface area contributed by atoms with Crippen LogP contribution in [0.15, 0.2) is 0 Å². The minimum atomic E-state index is -0.598. The molecule has 3 heteroatoms. The monoisotopic (exact) mass is 200 g/mol. The van der Waals surface area contributed by atoms with Crippen molar-refractivity contribution in [1.82, 2.24) is 9.80 Å². The summed E-state index contributed by atoms with van der Waals surface area (Å²) in [6, 6.07) is 0. The van der Waals surface area contributed by atoms with Crippen LogP contribution >= 0.6 is 0 Å². The molecule has 1 spiro atoms. The van der Waals surface area contributed by atoms with E-state index in [1.54, 1.807) is 0 Å². The summed E-state index contributed by atoms with van der Waals surface area (Å²) >= 11 is 0. The van der Waals surface area contributed by atoms with E-state index < -0.39 is 6.17 Å². The molecule has 2 fully saturated rings. The normalized spacial score (nSPS) is 33.2. The van der Waals surface area contributed by atoms with Gasteiger partial charge in [0, 0.05) is 25.0 Å². The second-order valence-corrected chi connectivity index (χ2v) is 4.78. The Kier molecular flexibility index (Phi) is 2.80. The zero-order valence-electron chi connectivity index (χ0n) is 9.30. The molecule has 0 bridgehead atoms. The maximum Gasteiger partial charge on any atom is 0.121 e. The van der Waals surface area contributed by atoms with Gasteiger partial charge in [-0.3, -0.25) is 0 Å². The van der Waals surface area contributed by atoms with Crippen LogP contribution in [-0.4, -0.2) is 55.2 Å². The molecule has 0 aromatic rings. The lowest BCUT2D eigenvalue weighted by Crippen LogP contribution is -2.65. The topological polar surface area (TPSA) is 6.48 Å². The summed E-state index contributed by atoms with van der Waals surface area (Å²) in [5.74, 6) is 0. The van der Waals surface area contributed by atoms with Crippen LogP contribution in [0.1, 0.15) is 20.3 Å². The van der Waals surface area contributed by atoms with Crippen LogP contribution in [-0.2, 0) is 0 Å². The van der Waals surface area contributed by atoms with Gasteiger partial charge in [-0.25, -0.2) is 4.39 Å². The van der Waals surface area contributed by atoms with Crippen molar-refractivity contribution < 1.29 is 4.39 Å². The highest BCUT2D eigenvalue weighted by Crippen LogP contribution is 2.41. The summed E-state index contributed by atoms with van der Waals surface area (Å²) in [4.78, 5) is 4.57. The van der Waals surface area contributed by atoms with Crippen LogP contribution in [0, 0.1) is 5.41 Å². The van der Waals surface area contributed by atoms with Crippen molar-refractivity contribution in [2.24, 2.45) is 5.41 Å². The van der Waals surface area contributed by atoms with Gasteiger partial charge in [0.15, 0.2) is 0 Å². The third-order valence-electron chi connectivity index (χ3n) is 3.98. The third-order valence-corrected chi connectivity index (χ3v) is 3.98. The highest BCUT2D eigenvalue weighted by molar-refractivity contribution is 5.03. The van der Waals surface area contributed by atoms with Crippen molar-refractivity contribution in [2.45, 2.75) is 26.4 Å². The van der Waals surface area contributed by atoms with Gasteiger partial charge in [0.25, 0.3) is 0 Å². The maximum absolute atomic E-state index is 14.0. The van der Waals surface area contributed by atoms with Crippen molar-refractivity contribution in [3.05, 3.63) is 0 Å². The van der Waals surface area contributed by atoms with Crippen LogP contribution in [0.25, 0.3) is 0 Å². The van der Waals surface area contributed by atoms with Crippen molar-refractivity contribution in [1.29, 1.82) is 0 Å². The van der Waals surface area contributed by atoms with Crippen molar-refractivity contribution in [3.8, 4) is 0 Å². The van der Waals surface area contributed by atoms with Gasteiger partial charge in [-0.15, -0.1) is 0 Å². The number of piperidine rings is 1. The van der Waals surface area contributed by atoms with Crippen LogP contribution < -0.4 is 0 Å². The summed E-state index contributed by atoms with van der Waals surface area (Å²) in [6.07, 6.45) is 0.456. The summed E-state index contributed by atoms with van der Waals surface area (Å²) in [5, 5.41) is 0. The lowest BCUT2D eigenvalue weighted by molar-refractivity contribution is -0.0984. The molecule has 0 radical (unpaired) electrons. The lowest BCUT2D eigenvalue weighted by Gasteiger charge is -2.55. The average molecular weight is 200 g/mol. The van der Waals surface area contributed by atoms with Gasteiger partial charge in [0.2, 0.25) is 0 Å². The molecule has 2 nitrogen and oxygen atoms in total. The second kappa shape index (κ2) is 3.78. The summed E-state index contributed by atoms with van der Waals surface area (Å²) in [7, 11) is 0. The van der Waals surface area contributed by atoms with Gasteiger partial charge in [-0.2, -0.15) is 0 Å². The smallest absolute Gasteiger partial charge is 0.121 e. The van der Waals surface area contributed by atoms with E-state index in [4.69, 9.17) is 0 Å². The number of halogens is 1. The molecule has 2 aliphatic heterocycles. The Morgan fingerprint density at radius 1 is 1.21 bits per heavy atom. The number of hydrogen-bond acceptors (Lipinski definition) is 2. The SMILES string of the molecule is CCN1CCC2(CN(CC)C2)C(F)C1. The van der Waals surface area contributed by atoms with E-state index in [0.29, 0.717) is 6.54 Å². The van der Waals surface area contributed by atoms with E-state index in [1.165, 1.54) is 0 Å². The first-order valence-corrected chi connectivity index (χ1v) is 5.79. The summed E-state index contributed by atoms with van der Waals surface area (Å²) in [6.45, 7) is 10.1. The highest BCUT2D eigenvalue weighted by atomic mass is 19.1. The molecule has 0 saturated carbocycles. The standard InChI is InChI=1S/C11H21FN2/c1-3-13-6-5-11(10(12)7-13)8-14(4-2)9-11/h10H,3-9H2,1-2H3. The van der Waals surface area contributed by atoms with Crippen molar-refractivity contribution in [2.75, 3.05) is 39.3 Å². The Labute approximate surface area is 86.1 Å². The Morgan fingerprint density at radius 2 is 1.86 bits per heavy atom. The Bertz CT molecular complexity index is 201. The van der Waals surface area contributed by atoms with E-state index in [-0.39, 0.29) is 5.41 Å². The molecule has 82 valence electrons. The molecule has 2 saturated heterocycles. The molecule has 14 heavy (non-hydrogen) atoms. The van der Waals surface area contributed by atoms with E-state index in [1.807, 2.05) is 0 Å². The number of hydrogen-bond donors (Lipinski definition) is 0. The Hall–Kier alpha value is -0.150. The molecular formula is C11H21FN2. The van der Waals surface area contributed by atoms with Crippen molar-refractivity contribution >= 4 is 0 Å². The first-order valence-electron chi connectivity index (χ1n) is 5.79. The third kappa shape index (κ3) is 1.57. The van der Waals surface area contributed by atoms with Gasteiger partial charge in [-0.05, 0) is 26.1 Å². The molecule has 0 aromatic heterocycles. The first kappa shape index (κ1) is 10.4. The molecule has 2 heterocycles. The highest BCUT2D eigenvalue weighted by Gasteiger charge is 2.50. The Balaban J connectivity index is 1.90. The molecule has 0 amide bonds. The zero-order chi connectivity index (χ0) is 10.2. The molecule has 0 N–H and O–H groups in total. The van der Waals surface area contributed by atoms with Crippen LogP contribution in [0.4, 0.5) is 4.39 Å². The van der Waals surface area contributed by atoms with E-state index in [9.17, 15) is 4.39 Å². The van der Waals surface area contributed by atoms with Crippen LogP contribution in [0.5, 0.6) is 0 Å². The van der Waals surface area contributed by atoms with E-state index >= 15 is 0 Å². The Morgan fingerprint density at radius 3 is 2.36 bits per heavy atom. The largest absolute Gasteiger partial charge is 0.302 e. The van der Waals surface area contributed by atoms with Crippen LogP contribution in [0.3, 0.4) is 0 Å². The number of rotatable bonds is 2. The first-order chi connectivity index (χ1) is 6.70. The second-order valence-electron chi connectivity index (χ2n) is 4.78. The van der Waals surface area contributed by atoms with E-state index in [0.717, 1.165) is 39.1 Å². The fourth-order valence-corrected chi connectivity index (χ4v) is 2.76. The lowest BCUT2D eigenvalue weighted by atomic mass is 9.70. The fraction of sp³-hybridized carbons (Fsp3) is 1.00. The summed E-state index contributed by atoms with van der Waals surface area (Å²) in [5.41, 5.74) is 0.0294. The molecule has 1 unspecified atom stereocenters. The van der Waals surface area contributed by atoms with E-state index in [2.05, 4.69) is 23.6 Å². The molecule has 2 aliphatic rings. The molecule has 0 aliphatic carbocycles. The van der Waals surface area contributed by atoms with Crippen molar-refractivity contribution in [3.63, 3.8) is 0 Å². The van der Waals surface area contributed by atoms with Gasteiger partial charge in [-0.1, -0.05) is 13.8 Å². The average Bonchev–Trinajstić information content (AvgIpc) is 2.14. The van der Waals surface area contributed by atoms with Gasteiger partial charge < -0.3 is 9.80 Å². The number of nitrogens with zero attached hydrogens (tertiary/aromatic N) is 2. The van der Waals surface area contributed by atoms with Gasteiger partial charge in [0.05, 0.1) is 0 Å². The quantitative estimate of drug-likeness (QED) is 0.664. The predicted molar refractivity (Wildman–Crippen MR) is 56.2 cm³/mol. The van der Waals surface area contributed by atoms with Gasteiger partial charge >= 0.3 is 0 Å². The minimum absolute atomic E-state index is 0.0294. The van der Waals surface area contributed by atoms with Crippen LogP contribution in [0.2, 0.25) is 0 Å². The maximum atomic E-state index is 14.0. The van der Waals surface area contributed by atoms with Gasteiger partial charge in [0.1, 0.15) is 6.17 Å². The molecule has 0 aromatic carbocycles. The predicted octanol–water partition coefficient (Wildman–Crippen LogP) is 1.37. The number of alkyl halides is 1. The fourth-order valence-electron chi connectivity index (χ4n) is 2.76. The molecule has 1 atom stereocenters. The zero-order valence-corrected chi connectivity index (χ0v) is 9.30. The molecule has 2 rings (SSSR count). The minimum Gasteiger partial charge on any atom is -0.302 e. The molecular weight excluding hydrogens is 179 g/mol. The summed E-state index contributed by atoms with van der Waals surface area (Å²) < 4.78 is 14.0. The number of likely N-dealkylation sites (tertiary alicyclic amines) is 2.